The Hall–Kier alpha value is -1.39. The van der Waals surface area contributed by atoms with Crippen molar-refractivity contribution in [2.75, 3.05) is 33.2 Å². The summed E-state index contributed by atoms with van der Waals surface area (Å²) in [7, 11) is 2.17. The summed E-state index contributed by atoms with van der Waals surface area (Å²) >= 11 is 0. The van der Waals surface area contributed by atoms with Gasteiger partial charge in [0, 0.05) is 18.0 Å². The summed E-state index contributed by atoms with van der Waals surface area (Å²) in [5.74, 6) is -0.724. The molecule has 4 nitrogen and oxygen atoms in total. The lowest BCUT2D eigenvalue weighted by molar-refractivity contribution is -0.139. The molecule has 1 aromatic rings. The molecule has 20 heavy (non-hydrogen) atoms. The first-order valence-corrected chi connectivity index (χ1v) is 7.32. The normalized spacial score (nSPS) is 31.1. The molecule has 0 aromatic heterocycles. The van der Waals surface area contributed by atoms with Crippen molar-refractivity contribution < 1.29 is 9.90 Å². The van der Waals surface area contributed by atoms with Gasteiger partial charge in [-0.05, 0) is 38.5 Å². The zero-order valence-electron chi connectivity index (χ0n) is 12.0. The highest BCUT2D eigenvalue weighted by Gasteiger charge is 2.49. The maximum atomic E-state index is 10.9. The zero-order valence-corrected chi connectivity index (χ0v) is 12.0. The van der Waals surface area contributed by atoms with Crippen molar-refractivity contribution in [1.29, 1.82) is 0 Å². The number of carboxylic acid groups (broad SMARTS) is 1. The molecule has 0 unspecified atom stereocenters. The molecule has 3 rings (SSSR count). The van der Waals surface area contributed by atoms with Crippen molar-refractivity contribution >= 4 is 5.97 Å². The highest BCUT2D eigenvalue weighted by molar-refractivity contribution is 5.69. The molecule has 2 atom stereocenters. The first-order chi connectivity index (χ1) is 9.62. The van der Waals surface area contributed by atoms with E-state index in [2.05, 4.69) is 47.2 Å². The Morgan fingerprint density at radius 2 is 2.00 bits per heavy atom. The predicted molar refractivity (Wildman–Crippen MR) is 77.8 cm³/mol. The van der Waals surface area contributed by atoms with Crippen LogP contribution < -0.4 is 0 Å². The van der Waals surface area contributed by atoms with E-state index in [-0.39, 0.29) is 12.0 Å². The van der Waals surface area contributed by atoms with Crippen molar-refractivity contribution in [3.63, 3.8) is 0 Å². The van der Waals surface area contributed by atoms with E-state index in [1.165, 1.54) is 12.0 Å². The minimum Gasteiger partial charge on any atom is -0.480 e. The summed E-state index contributed by atoms with van der Waals surface area (Å²) < 4.78 is 0. The van der Waals surface area contributed by atoms with E-state index in [4.69, 9.17) is 5.11 Å². The molecule has 2 fully saturated rings. The highest BCUT2D eigenvalue weighted by atomic mass is 16.4. The van der Waals surface area contributed by atoms with Gasteiger partial charge in [0.1, 0.15) is 0 Å². The van der Waals surface area contributed by atoms with Crippen LogP contribution in [0.3, 0.4) is 0 Å². The third-order valence-corrected chi connectivity index (χ3v) is 5.09. The summed E-state index contributed by atoms with van der Waals surface area (Å²) in [5, 5.41) is 9.00. The SMILES string of the molecule is CN1CC[C@@]2(c3ccccc3)CCN(CC(=O)O)C[C@H]12. The van der Waals surface area contributed by atoms with Crippen LogP contribution in [0, 0.1) is 0 Å². The van der Waals surface area contributed by atoms with Gasteiger partial charge in [0.15, 0.2) is 0 Å². The molecule has 2 aliphatic rings. The number of hydrogen-bond acceptors (Lipinski definition) is 3. The number of aliphatic carboxylic acids is 1. The van der Waals surface area contributed by atoms with Gasteiger partial charge in [-0.1, -0.05) is 30.3 Å². The van der Waals surface area contributed by atoms with Crippen LogP contribution in [0.5, 0.6) is 0 Å². The van der Waals surface area contributed by atoms with Crippen LogP contribution in [0.15, 0.2) is 30.3 Å². The lowest BCUT2D eigenvalue weighted by Gasteiger charge is -2.45. The number of nitrogens with zero attached hydrogens (tertiary/aromatic N) is 2. The minimum absolute atomic E-state index is 0.162. The van der Waals surface area contributed by atoms with Gasteiger partial charge in [-0.3, -0.25) is 9.69 Å². The molecule has 0 bridgehead atoms. The molecule has 2 saturated heterocycles. The molecule has 2 aliphatic heterocycles. The largest absolute Gasteiger partial charge is 0.480 e. The van der Waals surface area contributed by atoms with Crippen molar-refractivity contribution in [1.82, 2.24) is 9.80 Å². The molecule has 0 saturated carbocycles. The monoisotopic (exact) mass is 274 g/mol. The summed E-state index contributed by atoms with van der Waals surface area (Å²) in [4.78, 5) is 15.4. The van der Waals surface area contributed by atoms with E-state index in [1.807, 2.05) is 0 Å². The molecule has 1 aromatic carbocycles. The number of carbonyl (C=O) groups is 1. The fraction of sp³-hybridized carbons (Fsp3) is 0.562. The van der Waals surface area contributed by atoms with Gasteiger partial charge in [-0.25, -0.2) is 0 Å². The number of likely N-dealkylation sites (N-methyl/N-ethyl adjacent to an activating group) is 1. The molecule has 0 spiro atoms. The van der Waals surface area contributed by atoms with E-state index in [0.717, 1.165) is 26.1 Å². The summed E-state index contributed by atoms with van der Waals surface area (Å²) in [6, 6.07) is 11.2. The van der Waals surface area contributed by atoms with E-state index in [1.54, 1.807) is 0 Å². The highest BCUT2D eigenvalue weighted by Crippen LogP contribution is 2.44. The number of hydrogen-bond donors (Lipinski definition) is 1. The lowest BCUT2D eigenvalue weighted by Crippen LogP contribution is -2.55. The first-order valence-electron chi connectivity index (χ1n) is 7.32. The van der Waals surface area contributed by atoms with Gasteiger partial charge in [-0.15, -0.1) is 0 Å². The molecular weight excluding hydrogens is 252 g/mol. The average molecular weight is 274 g/mol. The molecule has 0 amide bonds. The fourth-order valence-corrected chi connectivity index (χ4v) is 4.01. The number of likely N-dealkylation sites (tertiary alicyclic amines) is 2. The van der Waals surface area contributed by atoms with Gasteiger partial charge in [-0.2, -0.15) is 0 Å². The molecular formula is C16H22N2O2. The standard InChI is InChI=1S/C16H22N2O2/c1-17-9-7-16(13-5-3-2-4-6-13)8-10-18(11-14(16)17)12-15(19)20/h2-6,14H,7-12H2,1H3,(H,19,20)/t14-,16-/m0/s1. The van der Waals surface area contributed by atoms with Crippen molar-refractivity contribution in [2.24, 2.45) is 0 Å². The molecule has 108 valence electrons. The second-order valence-corrected chi connectivity index (χ2v) is 6.15. The fourth-order valence-electron chi connectivity index (χ4n) is 4.01. The summed E-state index contributed by atoms with van der Waals surface area (Å²) in [5.41, 5.74) is 1.63. The van der Waals surface area contributed by atoms with Gasteiger partial charge in [0.05, 0.1) is 6.54 Å². The van der Waals surface area contributed by atoms with Crippen LogP contribution >= 0.6 is 0 Å². The molecule has 0 aliphatic carbocycles. The quantitative estimate of drug-likeness (QED) is 0.905. The second-order valence-electron chi connectivity index (χ2n) is 6.15. The van der Waals surface area contributed by atoms with Crippen molar-refractivity contribution in [2.45, 2.75) is 24.3 Å². The van der Waals surface area contributed by atoms with E-state index in [0.29, 0.717) is 6.04 Å². The van der Waals surface area contributed by atoms with E-state index >= 15 is 0 Å². The molecule has 4 heteroatoms. The smallest absolute Gasteiger partial charge is 0.317 e. The van der Waals surface area contributed by atoms with E-state index in [9.17, 15) is 4.79 Å². The maximum absolute atomic E-state index is 10.9. The Morgan fingerprint density at radius 3 is 2.70 bits per heavy atom. The van der Waals surface area contributed by atoms with Crippen molar-refractivity contribution in [3.8, 4) is 0 Å². The summed E-state index contributed by atoms with van der Waals surface area (Å²) in [6.07, 6.45) is 2.23. The third-order valence-electron chi connectivity index (χ3n) is 5.09. The number of carboxylic acids is 1. The third kappa shape index (κ3) is 2.23. The Kier molecular flexibility index (Phi) is 3.52. The van der Waals surface area contributed by atoms with E-state index < -0.39 is 5.97 Å². The zero-order chi connectivity index (χ0) is 14.2. The van der Waals surface area contributed by atoms with Crippen LogP contribution in [0.4, 0.5) is 0 Å². The average Bonchev–Trinajstić information content (AvgIpc) is 2.78. The second kappa shape index (κ2) is 5.19. The van der Waals surface area contributed by atoms with Crippen LogP contribution in [0.2, 0.25) is 0 Å². The number of rotatable bonds is 3. The molecule has 1 N–H and O–H groups in total. The number of piperidine rings is 1. The summed E-state index contributed by atoms with van der Waals surface area (Å²) in [6.45, 7) is 3.00. The van der Waals surface area contributed by atoms with Gasteiger partial charge in [0.2, 0.25) is 0 Å². The lowest BCUT2D eigenvalue weighted by atomic mass is 9.69. The predicted octanol–water partition coefficient (Wildman–Crippen LogP) is 1.42. The minimum atomic E-state index is -0.724. The molecule has 2 heterocycles. The van der Waals surface area contributed by atoms with Gasteiger partial charge < -0.3 is 10.0 Å². The topological polar surface area (TPSA) is 43.8 Å². The van der Waals surface area contributed by atoms with Gasteiger partial charge in [0.25, 0.3) is 0 Å². The Labute approximate surface area is 120 Å². The molecule has 0 radical (unpaired) electrons. The van der Waals surface area contributed by atoms with Crippen LogP contribution in [0.25, 0.3) is 0 Å². The van der Waals surface area contributed by atoms with Crippen molar-refractivity contribution in [3.05, 3.63) is 35.9 Å². The number of fused-ring (bicyclic) bond motifs is 1. The Balaban J connectivity index is 1.86. The van der Waals surface area contributed by atoms with Gasteiger partial charge >= 0.3 is 5.97 Å². The maximum Gasteiger partial charge on any atom is 0.317 e. The Bertz CT molecular complexity index is 491. The number of benzene rings is 1. The Morgan fingerprint density at radius 1 is 1.30 bits per heavy atom. The van der Waals surface area contributed by atoms with Crippen LogP contribution in [0.1, 0.15) is 18.4 Å². The van der Waals surface area contributed by atoms with Crippen LogP contribution in [-0.4, -0.2) is 60.1 Å². The van der Waals surface area contributed by atoms with Crippen LogP contribution in [-0.2, 0) is 10.2 Å². The first kappa shape index (κ1) is 13.6.